The van der Waals surface area contributed by atoms with Gasteiger partial charge in [-0.1, -0.05) is 0 Å². The molecule has 0 aliphatic heterocycles. The molecular formula is C4H4O10S2. The standard InChI is InChI=1S/C4H4O10S2/c5-3(13-15(7,8)9)1-2-4(6)14-16(10,11)12/h1-2H,(H,7,8,9)(H,10,11,12)/b2-1-. The highest BCUT2D eigenvalue weighted by Crippen LogP contribution is 1.92. The molecule has 0 aliphatic carbocycles. The van der Waals surface area contributed by atoms with E-state index in [1.54, 1.807) is 0 Å². The lowest BCUT2D eigenvalue weighted by molar-refractivity contribution is -0.131. The van der Waals surface area contributed by atoms with Gasteiger partial charge in [0.1, 0.15) is 0 Å². The minimum atomic E-state index is -5.03. The summed E-state index contributed by atoms with van der Waals surface area (Å²) in [6.07, 6.45) is 0.308. The van der Waals surface area contributed by atoms with Gasteiger partial charge in [-0.25, -0.2) is 9.59 Å². The summed E-state index contributed by atoms with van der Waals surface area (Å²) in [5.74, 6) is -3.34. The van der Waals surface area contributed by atoms with Crippen LogP contribution in [0.1, 0.15) is 0 Å². The van der Waals surface area contributed by atoms with Crippen molar-refractivity contribution in [1.82, 2.24) is 0 Å². The van der Waals surface area contributed by atoms with E-state index in [1.807, 2.05) is 0 Å². The monoisotopic (exact) mass is 276 g/mol. The molecule has 10 nitrogen and oxygen atoms in total. The van der Waals surface area contributed by atoms with Crippen LogP contribution in [0, 0.1) is 0 Å². The zero-order valence-electron chi connectivity index (χ0n) is 7.13. The number of carbonyl (C=O) groups is 2. The molecule has 0 unspecified atom stereocenters. The Hall–Kier alpha value is -1.50. The van der Waals surface area contributed by atoms with Crippen molar-refractivity contribution in [2.45, 2.75) is 0 Å². The second-order valence-electron chi connectivity index (χ2n) is 1.99. The second kappa shape index (κ2) is 5.02. The van der Waals surface area contributed by atoms with E-state index >= 15 is 0 Å². The van der Waals surface area contributed by atoms with E-state index in [9.17, 15) is 26.4 Å². The Morgan fingerprint density at radius 2 is 1.06 bits per heavy atom. The van der Waals surface area contributed by atoms with Crippen molar-refractivity contribution >= 4 is 32.7 Å². The Labute approximate surface area is 89.4 Å². The largest absolute Gasteiger partial charge is 0.449 e. The fourth-order valence-electron chi connectivity index (χ4n) is 0.399. The van der Waals surface area contributed by atoms with Crippen LogP contribution in [0.15, 0.2) is 12.2 Å². The molecule has 0 atom stereocenters. The maximum atomic E-state index is 10.5. The Bertz CT molecular complexity index is 459. The number of rotatable bonds is 4. The van der Waals surface area contributed by atoms with Gasteiger partial charge < -0.3 is 8.37 Å². The minimum absolute atomic E-state index is 0.154. The summed E-state index contributed by atoms with van der Waals surface area (Å²) in [6, 6.07) is 0. The fourth-order valence-corrected chi connectivity index (χ4v) is 0.926. The van der Waals surface area contributed by atoms with Crippen LogP contribution in [0.5, 0.6) is 0 Å². The summed E-state index contributed by atoms with van der Waals surface area (Å²) in [4.78, 5) is 20.9. The zero-order chi connectivity index (χ0) is 13.0. The Morgan fingerprint density at radius 3 is 1.25 bits per heavy atom. The van der Waals surface area contributed by atoms with Gasteiger partial charge in [0.25, 0.3) is 0 Å². The highest BCUT2D eigenvalue weighted by Gasteiger charge is 2.13. The predicted octanol–water partition coefficient (Wildman–Crippen LogP) is -1.77. The molecule has 0 bridgehead atoms. The van der Waals surface area contributed by atoms with Gasteiger partial charge in [0.15, 0.2) is 0 Å². The van der Waals surface area contributed by atoms with Crippen LogP contribution >= 0.6 is 0 Å². The molecule has 0 saturated heterocycles. The van der Waals surface area contributed by atoms with Gasteiger partial charge in [-0.15, -0.1) is 0 Å². The van der Waals surface area contributed by atoms with E-state index in [4.69, 9.17) is 9.11 Å². The molecule has 0 heterocycles. The molecule has 0 spiro atoms. The average Bonchev–Trinajstić information content (AvgIpc) is 1.94. The van der Waals surface area contributed by atoms with Gasteiger partial charge in [0.05, 0.1) is 0 Å². The first kappa shape index (κ1) is 14.5. The first-order valence-electron chi connectivity index (χ1n) is 3.09. The molecule has 0 aliphatic rings. The number of carbonyl (C=O) groups excluding carboxylic acids is 2. The molecule has 16 heavy (non-hydrogen) atoms. The fraction of sp³-hybridized carbons (Fsp3) is 0. The molecule has 0 fully saturated rings. The van der Waals surface area contributed by atoms with Crippen LogP contribution < -0.4 is 0 Å². The maximum Gasteiger partial charge on any atom is 0.449 e. The Balaban J connectivity index is 4.41. The lowest BCUT2D eigenvalue weighted by Crippen LogP contribution is -2.12. The van der Waals surface area contributed by atoms with E-state index in [-0.39, 0.29) is 12.2 Å². The average molecular weight is 276 g/mol. The number of hydrogen-bond donors (Lipinski definition) is 2. The summed E-state index contributed by atoms with van der Waals surface area (Å²) in [5.41, 5.74) is 0. The molecule has 2 N–H and O–H groups in total. The highest BCUT2D eigenvalue weighted by molar-refractivity contribution is 7.81. The third-order valence-corrected chi connectivity index (χ3v) is 1.48. The van der Waals surface area contributed by atoms with Gasteiger partial charge >= 0.3 is 32.7 Å². The molecule has 0 aromatic rings. The lowest BCUT2D eigenvalue weighted by atomic mass is 10.5. The van der Waals surface area contributed by atoms with Crippen molar-refractivity contribution in [2.75, 3.05) is 0 Å². The summed E-state index contributed by atoms with van der Waals surface area (Å²) in [7, 11) is -10.1. The van der Waals surface area contributed by atoms with Crippen LogP contribution in [0.2, 0.25) is 0 Å². The van der Waals surface area contributed by atoms with Crippen molar-refractivity contribution in [2.24, 2.45) is 0 Å². The lowest BCUT2D eigenvalue weighted by Gasteiger charge is -1.95. The smallest absolute Gasteiger partial charge is 0.321 e. The number of hydrogen-bond acceptors (Lipinski definition) is 8. The van der Waals surface area contributed by atoms with Gasteiger partial charge in [-0.05, 0) is 0 Å². The maximum absolute atomic E-state index is 10.5. The summed E-state index contributed by atoms with van der Waals surface area (Å²) in [5, 5.41) is 0. The van der Waals surface area contributed by atoms with Crippen molar-refractivity contribution < 1.29 is 43.9 Å². The molecule has 0 aromatic heterocycles. The van der Waals surface area contributed by atoms with Crippen LogP contribution in [0.3, 0.4) is 0 Å². The normalized spacial score (nSPS) is 12.4. The first-order chi connectivity index (χ1) is 6.99. The summed E-state index contributed by atoms with van der Waals surface area (Å²) >= 11 is 0. The molecule has 0 radical (unpaired) electrons. The van der Waals surface area contributed by atoms with Gasteiger partial charge in [0.2, 0.25) is 0 Å². The van der Waals surface area contributed by atoms with Crippen molar-refractivity contribution in [3.8, 4) is 0 Å². The molecule has 0 amide bonds. The van der Waals surface area contributed by atoms with E-state index in [2.05, 4.69) is 8.37 Å². The van der Waals surface area contributed by atoms with E-state index in [1.165, 1.54) is 0 Å². The van der Waals surface area contributed by atoms with Gasteiger partial charge in [-0.2, -0.15) is 16.8 Å². The Morgan fingerprint density at radius 1 is 0.812 bits per heavy atom. The Kier molecular flexibility index (Phi) is 4.55. The minimum Gasteiger partial charge on any atom is -0.321 e. The van der Waals surface area contributed by atoms with Crippen LogP contribution in [0.25, 0.3) is 0 Å². The summed E-state index contributed by atoms with van der Waals surface area (Å²) in [6.45, 7) is 0. The van der Waals surface area contributed by atoms with Crippen LogP contribution in [-0.4, -0.2) is 37.9 Å². The van der Waals surface area contributed by atoms with Crippen molar-refractivity contribution in [3.63, 3.8) is 0 Å². The van der Waals surface area contributed by atoms with Crippen molar-refractivity contribution in [1.29, 1.82) is 0 Å². The van der Waals surface area contributed by atoms with Crippen LogP contribution in [0.4, 0.5) is 0 Å². The molecule has 0 rings (SSSR count). The third-order valence-electron chi connectivity index (χ3n) is 0.730. The second-order valence-corrected chi connectivity index (χ2v) is 4.04. The van der Waals surface area contributed by atoms with Gasteiger partial charge in [-0.3, -0.25) is 9.11 Å². The zero-order valence-corrected chi connectivity index (χ0v) is 8.76. The van der Waals surface area contributed by atoms with E-state index < -0.39 is 32.7 Å². The van der Waals surface area contributed by atoms with Crippen molar-refractivity contribution in [3.05, 3.63) is 12.2 Å². The molecule has 0 saturated carbocycles. The SMILES string of the molecule is O=C(/C=C\C(=O)OS(=O)(=O)O)OS(=O)(=O)O. The first-order valence-corrected chi connectivity index (χ1v) is 5.82. The predicted molar refractivity (Wildman–Crippen MR) is 44.4 cm³/mol. The third kappa shape index (κ3) is 9.07. The molecule has 92 valence electrons. The molecule has 0 aromatic carbocycles. The molecule has 12 heteroatoms. The van der Waals surface area contributed by atoms with Crippen LogP contribution in [-0.2, 0) is 38.8 Å². The van der Waals surface area contributed by atoms with Gasteiger partial charge in [0, 0.05) is 12.2 Å². The summed E-state index contributed by atoms with van der Waals surface area (Å²) < 4.78 is 62.3. The van der Waals surface area contributed by atoms with E-state index in [0.717, 1.165) is 0 Å². The van der Waals surface area contributed by atoms with E-state index in [0.29, 0.717) is 0 Å². The quantitative estimate of drug-likeness (QED) is 0.444. The topological polar surface area (TPSA) is 161 Å². The highest BCUT2D eigenvalue weighted by atomic mass is 32.3. The molecular weight excluding hydrogens is 272 g/mol.